The van der Waals surface area contributed by atoms with E-state index in [0.717, 1.165) is 5.69 Å². The van der Waals surface area contributed by atoms with Crippen molar-refractivity contribution in [3.63, 3.8) is 0 Å². The summed E-state index contributed by atoms with van der Waals surface area (Å²) in [5, 5.41) is 4.58. The van der Waals surface area contributed by atoms with Gasteiger partial charge in [-0.1, -0.05) is 19.3 Å². The molecular weight excluding hydrogens is 202 g/mol. The van der Waals surface area contributed by atoms with Crippen molar-refractivity contribution in [1.29, 1.82) is 0 Å². The van der Waals surface area contributed by atoms with Gasteiger partial charge in [-0.05, 0) is 25.8 Å². The first-order valence-electron chi connectivity index (χ1n) is 6.29. The average Bonchev–Trinajstić information content (AvgIpc) is 2.79. The molecule has 1 aliphatic carbocycles. The Hall–Kier alpha value is -0.870. The van der Waals surface area contributed by atoms with Gasteiger partial charge in [0.25, 0.3) is 0 Å². The maximum atomic E-state index is 5.09. The molecule has 90 valence electrons. The summed E-state index contributed by atoms with van der Waals surface area (Å²) >= 11 is 0. The molecule has 0 aliphatic heterocycles. The summed E-state index contributed by atoms with van der Waals surface area (Å²) < 4.78 is 2.13. The quantitative estimate of drug-likeness (QED) is 0.615. The zero-order chi connectivity index (χ0) is 11.2. The first-order chi connectivity index (χ1) is 7.90. The molecule has 0 spiro atoms. The zero-order valence-electron chi connectivity index (χ0n) is 9.98. The molecule has 0 amide bonds. The van der Waals surface area contributed by atoms with E-state index < -0.39 is 0 Å². The number of hydroxylamine groups is 1. The Morgan fingerprint density at radius 2 is 2.25 bits per heavy atom. The van der Waals surface area contributed by atoms with E-state index in [-0.39, 0.29) is 0 Å². The predicted octanol–water partition coefficient (Wildman–Crippen LogP) is 2.43. The minimum atomic E-state index is 0.620. The molecule has 4 nitrogen and oxygen atoms in total. The first-order valence-corrected chi connectivity index (χ1v) is 6.29. The number of hydrogen-bond donors (Lipinski definition) is 1. The third-order valence-electron chi connectivity index (χ3n) is 3.11. The van der Waals surface area contributed by atoms with Crippen LogP contribution in [0.1, 0.15) is 50.8 Å². The van der Waals surface area contributed by atoms with Crippen LogP contribution in [0, 0.1) is 0 Å². The largest absolute Gasteiger partial charge is 0.302 e. The van der Waals surface area contributed by atoms with Gasteiger partial charge in [0, 0.05) is 6.20 Å². The number of aromatic nitrogens is 2. The molecule has 0 saturated heterocycles. The van der Waals surface area contributed by atoms with Crippen LogP contribution in [0.2, 0.25) is 0 Å². The lowest BCUT2D eigenvalue weighted by molar-refractivity contribution is 0.0454. The Morgan fingerprint density at radius 3 is 3.00 bits per heavy atom. The van der Waals surface area contributed by atoms with E-state index in [1.807, 2.05) is 6.92 Å². The number of hydrogen-bond acceptors (Lipinski definition) is 3. The Balaban J connectivity index is 1.85. The third-order valence-corrected chi connectivity index (χ3v) is 3.11. The highest BCUT2D eigenvalue weighted by Gasteiger charge is 2.15. The van der Waals surface area contributed by atoms with Crippen molar-refractivity contribution in [3.05, 3.63) is 18.0 Å². The van der Waals surface area contributed by atoms with Gasteiger partial charge < -0.3 is 4.84 Å². The van der Waals surface area contributed by atoms with Gasteiger partial charge >= 0.3 is 0 Å². The third kappa shape index (κ3) is 3.06. The van der Waals surface area contributed by atoms with Gasteiger partial charge in [-0.15, -0.1) is 0 Å². The lowest BCUT2D eigenvalue weighted by atomic mass is 9.96. The fraction of sp³-hybridized carbons (Fsp3) is 0.750. The zero-order valence-corrected chi connectivity index (χ0v) is 9.98. The van der Waals surface area contributed by atoms with Gasteiger partial charge in [0.15, 0.2) is 0 Å². The minimum Gasteiger partial charge on any atom is -0.302 e. The van der Waals surface area contributed by atoms with Gasteiger partial charge in [-0.25, -0.2) is 0 Å². The summed E-state index contributed by atoms with van der Waals surface area (Å²) in [6.07, 6.45) is 8.73. The standard InChI is InChI=1S/C12H21N3O/c1-2-16-13-10-11-8-9-15(14-11)12-6-4-3-5-7-12/h8-9,12-13H,2-7,10H2,1H3. The van der Waals surface area contributed by atoms with Gasteiger partial charge in [-0.3, -0.25) is 4.68 Å². The molecule has 1 aromatic rings. The second-order valence-corrected chi connectivity index (χ2v) is 4.33. The van der Waals surface area contributed by atoms with Gasteiger partial charge in [0.05, 0.1) is 24.9 Å². The van der Waals surface area contributed by atoms with Crippen LogP contribution in [-0.2, 0) is 11.4 Å². The summed E-state index contributed by atoms with van der Waals surface area (Å²) in [4.78, 5) is 5.09. The molecule has 16 heavy (non-hydrogen) atoms. The summed E-state index contributed by atoms with van der Waals surface area (Å²) in [5.74, 6) is 0. The molecule has 1 aliphatic rings. The summed E-state index contributed by atoms with van der Waals surface area (Å²) in [6.45, 7) is 3.34. The Morgan fingerprint density at radius 1 is 1.44 bits per heavy atom. The van der Waals surface area contributed by atoms with E-state index in [1.54, 1.807) is 0 Å². The molecule has 1 fully saturated rings. The van der Waals surface area contributed by atoms with Crippen LogP contribution in [-0.4, -0.2) is 16.4 Å². The topological polar surface area (TPSA) is 39.1 Å². The fourth-order valence-corrected chi connectivity index (χ4v) is 2.25. The Bertz CT molecular complexity index is 305. The van der Waals surface area contributed by atoms with Gasteiger partial charge in [-0.2, -0.15) is 10.6 Å². The van der Waals surface area contributed by atoms with Crippen molar-refractivity contribution in [1.82, 2.24) is 15.3 Å². The number of nitrogens with one attached hydrogen (secondary N) is 1. The Labute approximate surface area is 96.9 Å². The van der Waals surface area contributed by atoms with Crippen LogP contribution >= 0.6 is 0 Å². The van der Waals surface area contributed by atoms with Crippen molar-refractivity contribution in [2.75, 3.05) is 6.61 Å². The van der Waals surface area contributed by atoms with Crippen LogP contribution in [0.15, 0.2) is 12.3 Å². The van der Waals surface area contributed by atoms with Crippen molar-refractivity contribution in [2.24, 2.45) is 0 Å². The summed E-state index contributed by atoms with van der Waals surface area (Å²) in [7, 11) is 0. The molecule has 0 radical (unpaired) electrons. The normalized spacial score (nSPS) is 17.8. The highest BCUT2D eigenvalue weighted by atomic mass is 16.6. The van der Waals surface area contributed by atoms with Gasteiger partial charge in [0.1, 0.15) is 0 Å². The minimum absolute atomic E-state index is 0.620. The van der Waals surface area contributed by atoms with Crippen molar-refractivity contribution in [2.45, 2.75) is 51.6 Å². The molecule has 1 heterocycles. The van der Waals surface area contributed by atoms with Crippen LogP contribution in [0.25, 0.3) is 0 Å². The first kappa shape index (κ1) is 11.6. The van der Waals surface area contributed by atoms with Crippen LogP contribution < -0.4 is 5.48 Å². The number of nitrogens with zero attached hydrogens (tertiary/aromatic N) is 2. The van der Waals surface area contributed by atoms with Crippen LogP contribution in [0.5, 0.6) is 0 Å². The molecule has 4 heteroatoms. The van der Waals surface area contributed by atoms with E-state index in [4.69, 9.17) is 4.84 Å². The molecule has 0 atom stereocenters. The maximum Gasteiger partial charge on any atom is 0.0786 e. The Kier molecular flexibility index (Phi) is 4.36. The number of rotatable bonds is 5. The molecular formula is C12H21N3O. The molecule has 2 rings (SSSR count). The lowest BCUT2D eigenvalue weighted by Crippen LogP contribution is -2.16. The lowest BCUT2D eigenvalue weighted by Gasteiger charge is -2.21. The molecule has 0 aromatic carbocycles. The highest BCUT2D eigenvalue weighted by Crippen LogP contribution is 2.27. The molecule has 1 saturated carbocycles. The second-order valence-electron chi connectivity index (χ2n) is 4.33. The maximum absolute atomic E-state index is 5.09. The summed E-state index contributed by atoms with van der Waals surface area (Å²) in [5.41, 5.74) is 3.95. The highest BCUT2D eigenvalue weighted by molar-refractivity contribution is 4.99. The molecule has 1 N–H and O–H groups in total. The van der Waals surface area contributed by atoms with E-state index in [0.29, 0.717) is 19.2 Å². The van der Waals surface area contributed by atoms with Gasteiger partial charge in [0.2, 0.25) is 0 Å². The smallest absolute Gasteiger partial charge is 0.0786 e. The van der Waals surface area contributed by atoms with Crippen molar-refractivity contribution >= 4 is 0 Å². The van der Waals surface area contributed by atoms with E-state index in [9.17, 15) is 0 Å². The summed E-state index contributed by atoms with van der Waals surface area (Å²) in [6, 6.07) is 2.69. The van der Waals surface area contributed by atoms with E-state index >= 15 is 0 Å². The van der Waals surface area contributed by atoms with E-state index in [2.05, 4.69) is 27.5 Å². The van der Waals surface area contributed by atoms with E-state index in [1.165, 1.54) is 32.1 Å². The van der Waals surface area contributed by atoms with Crippen LogP contribution in [0.4, 0.5) is 0 Å². The predicted molar refractivity (Wildman–Crippen MR) is 62.8 cm³/mol. The molecule has 0 unspecified atom stereocenters. The average molecular weight is 223 g/mol. The van der Waals surface area contributed by atoms with Crippen molar-refractivity contribution < 1.29 is 4.84 Å². The second kappa shape index (κ2) is 6.01. The van der Waals surface area contributed by atoms with Crippen LogP contribution in [0.3, 0.4) is 0 Å². The SMILES string of the molecule is CCONCc1ccn(C2CCCCC2)n1. The molecule has 0 bridgehead atoms. The monoisotopic (exact) mass is 223 g/mol. The molecule has 1 aromatic heterocycles. The fourth-order valence-electron chi connectivity index (χ4n) is 2.25. The van der Waals surface area contributed by atoms with Crippen molar-refractivity contribution in [3.8, 4) is 0 Å².